The summed E-state index contributed by atoms with van der Waals surface area (Å²) in [5.41, 5.74) is -5.69. The molecule has 1 N–H and O–H groups in total. The Bertz CT molecular complexity index is 532. The van der Waals surface area contributed by atoms with Crippen LogP contribution in [0, 0.1) is 0 Å². The lowest BCUT2D eigenvalue weighted by atomic mass is 9.77. The quantitative estimate of drug-likeness (QED) is 0.806. The first-order chi connectivity index (χ1) is 10.6. The summed E-state index contributed by atoms with van der Waals surface area (Å²) in [4.78, 5) is 12.0. The molecule has 1 saturated carbocycles. The number of sulfonamides is 1. The first kappa shape index (κ1) is 18.5. The molecule has 6 nitrogen and oxygen atoms in total. The smallest absolute Gasteiger partial charge is 0.378 e. The fourth-order valence-electron chi connectivity index (χ4n) is 2.98. The highest BCUT2D eigenvalue weighted by Gasteiger charge is 2.50. The standard InChI is InChI=1S/C13H21F3N2O4S/c1-22-12(5-2-6-12)9-11(19)17-10-3-7-18(8-4-10)23(20,21)13(14,15)16/h10H,2-9H2,1H3,(H,17,19). The molecule has 2 rings (SSSR count). The van der Waals surface area contributed by atoms with Gasteiger partial charge in [-0.25, -0.2) is 8.42 Å². The minimum Gasteiger partial charge on any atom is -0.378 e. The molecule has 0 unspecified atom stereocenters. The molecule has 23 heavy (non-hydrogen) atoms. The van der Waals surface area contributed by atoms with Gasteiger partial charge in [0.05, 0.1) is 12.0 Å². The lowest BCUT2D eigenvalue weighted by Crippen LogP contribution is -2.51. The van der Waals surface area contributed by atoms with E-state index in [0.717, 1.165) is 19.3 Å². The van der Waals surface area contributed by atoms with E-state index in [2.05, 4.69) is 5.32 Å². The predicted molar refractivity (Wildman–Crippen MR) is 75.9 cm³/mol. The first-order valence-corrected chi connectivity index (χ1v) is 8.95. The highest BCUT2D eigenvalue weighted by molar-refractivity contribution is 7.90. The maximum Gasteiger partial charge on any atom is 0.511 e. The van der Waals surface area contributed by atoms with Crippen LogP contribution in [0.4, 0.5) is 13.2 Å². The Morgan fingerprint density at radius 2 is 1.87 bits per heavy atom. The van der Waals surface area contributed by atoms with Crippen LogP contribution in [-0.4, -0.2) is 56.0 Å². The third kappa shape index (κ3) is 3.97. The number of nitrogens with one attached hydrogen (secondary N) is 1. The zero-order chi connectivity index (χ0) is 17.3. The summed E-state index contributed by atoms with van der Waals surface area (Å²) in [6.45, 7) is -0.496. The molecule has 10 heteroatoms. The Balaban J connectivity index is 1.82. The molecule has 1 amide bonds. The number of hydrogen-bond acceptors (Lipinski definition) is 4. The van der Waals surface area contributed by atoms with Gasteiger partial charge in [-0.15, -0.1) is 0 Å². The van der Waals surface area contributed by atoms with Crippen LogP contribution in [0.1, 0.15) is 38.5 Å². The van der Waals surface area contributed by atoms with E-state index in [1.807, 2.05) is 0 Å². The third-order valence-electron chi connectivity index (χ3n) is 4.63. The second-order valence-electron chi connectivity index (χ2n) is 6.11. The summed E-state index contributed by atoms with van der Waals surface area (Å²) < 4.78 is 65.8. The zero-order valence-electron chi connectivity index (χ0n) is 12.9. The molecule has 0 aromatic heterocycles. The Kier molecular flexibility index (Phi) is 5.27. The zero-order valence-corrected chi connectivity index (χ0v) is 13.7. The van der Waals surface area contributed by atoms with Crippen molar-refractivity contribution in [2.24, 2.45) is 0 Å². The van der Waals surface area contributed by atoms with Gasteiger partial charge >= 0.3 is 15.5 Å². The summed E-state index contributed by atoms with van der Waals surface area (Å²) in [6, 6.07) is -0.309. The van der Waals surface area contributed by atoms with Gasteiger partial charge in [0.2, 0.25) is 5.91 Å². The normalized spacial score (nSPS) is 23.3. The lowest BCUT2D eigenvalue weighted by molar-refractivity contribution is -0.135. The predicted octanol–water partition coefficient (Wildman–Crippen LogP) is 1.38. The highest BCUT2D eigenvalue weighted by Crippen LogP contribution is 2.38. The van der Waals surface area contributed by atoms with E-state index in [4.69, 9.17) is 4.74 Å². The minimum absolute atomic E-state index is 0.168. The van der Waals surface area contributed by atoms with Crippen molar-refractivity contribution in [3.8, 4) is 0 Å². The molecule has 0 aromatic rings. The van der Waals surface area contributed by atoms with Crippen LogP contribution in [0.3, 0.4) is 0 Å². The second kappa shape index (κ2) is 6.56. The molecular weight excluding hydrogens is 337 g/mol. The molecule has 134 valence electrons. The number of methoxy groups -OCH3 is 1. The number of rotatable bonds is 5. The van der Waals surface area contributed by atoms with Gasteiger partial charge in [-0.1, -0.05) is 0 Å². The molecule has 2 aliphatic rings. The van der Waals surface area contributed by atoms with Gasteiger partial charge < -0.3 is 10.1 Å². The number of hydrogen-bond donors (Lipinski definition) is 1. The number of carbonyl (C=O) groups excluding carboxylic acids is 1. The molecule has 0 atom stereocenters. The topological polar surface area (TPSA) is 75.7 Å². The van der Waals surface area contributed by atoms with Gasteiger partial charge in [-0.3, -0.25) is 4.79 Å². The molecule has 0 radical (unpaired) electrons. The summed E-state index contributed by atoms with van der Waals surface area (Å²) in [5.74, 6) is -0.205. The van der Waals surface area contributed by atoms with Crippen molar-refractivity contribution in [1.82, 2.24) is 9.62 Å². The van der Waals surface area contributed by atoms with Crippen LogP contribution in [0.25, 0.3) is 0 Å². The van der Waals surface area contributed by atoms with E-state index in [-0.39, 0.29) is 44.3 Å². The van der Waals surface area contributed by atoms with Crippen LogP contribution in [-0.2, 0) is 19.6 Å². The van der Waals surface area contributed by atoms with E-state index in [1.165, 1.54) is 0 Å². The van der Waals surface area contributed by atoms with Crippen LogP contribution >= 0.6 is 0 Å². The van der Waals surface area contributed by atoms with Crippen molar-refractivity contribution < 1.29 is 31.1 Å². The average Bonchev–Trinajstić information content (AvgIpc) is 2.42. The van der Waals surface area contributed by atoms with Crippen molar-refractivity contribution in [1.29, 1.82) is 0 Å². The second-order valence-corrected chi connectivity index (χ2v) is 8.04. The fraction of sp³-hybridized carbons (Fsp3) is 0.923. The third-order valence-corrected chi connectivity index (χ3v) is 6.26. The van der Waals surface area contributed by atoms with Gasteiger partial charge in [0.25, 0.3) is 0 Å². The molecule has 0 aromatic carbocycles. The van der Waals surface area contributed by atoms with Crippen molar-refractivity contribution in [3.05, 3.63) is 0 Å². The van der Waals surface area contributed by atoms with Crippen LogP contribution in [0.15, 0.2) is 0 Å². The molecule has 1 saturated heterocycles. The van der Waals surface area contributed by atoms with Crippen molar-refractivity contribution >= 4 is 15.9 Å². The molecule has 1 aliphatic carbocycles. The number of halogens is 3. The maximum absolute atomic E-state index is 12.5. The number of amides is 1. The van der Waals surface area contributed by atoms with Crippen molar-refractivity contribution in [2.75, 3.05) is 20.2 Å². The average molecular weight is 358 g/mol. The van der Waals surface area contributed by atoms with E-state index < -0.39 is 21.1 Å². The van der Waals surface area contributed by atoms with Gasteiger partial charge in [-0.05, 0) is 32.1 Å². The van der Waals surface area contributed by atoms with E-state index in [0.29, 0.717) is 4.31 Å². The molecule has 0 bridgehead atoms. The molecule has 1 aliphatic heterocycles. The molecule has 0 spiro atoms. The number of piperidine rings is 1. The van der Waals surface area contributed by atoms with Gasteiger partial charge in [0, 0.05) is 26.2 Å². The fourth-order valence-corrected chi connectivity index (χ4v) is 3.97. The molecule has 1 heterocycles. The SMILES string of the molecule is COC1(CC(=O)NC2CCN(S(=O)(=O)C(F)(F)F)CC2)CCC1. The van der Waals surface area contributed by atoms with Gasteiger partial charge in [0.1, 0.15) is 0 Å². The molecule has 2 fully saturated rings. The number of alkyl halides is 3. The van der Waals surface area contributed by atoms with Crippen LogP contribution in [0.2, 0.25) is 0 Å². The van der Waals surface area contributed by atoms with Gasteiger partial charge in [0.15, 0.2) is 0 Å². The lowest BCUT2D eigenvalue weighted by Gasteiger charge is -2.40. The van der Waals surface area contributed by atoms with E-state index in [1.54, 1.807) is 7.11 Å². The Morgan fingerprint density at radius 1 is 1.30 bits per heavy atom. The van der Waals surface area contributed by atoms with Crippen molar-refractivity contribution in [3.63, 3.8) is 0 Å². The largest absolute Gasteiger partial charge is 0.511 e. The Labute approximate surface area is 133 Å². The molecular formula is C13H21F3N2O4S. The number of carbonyl (C=O) groups is 1. The summed E-state index contributed by atoms with van der Waals surface area (Å²) in [6.07, 6.45) is 3.21. The van der Waals surface area contributed by atoms with Crippen LogP contribution < -0.4 is 5.32 Å². The minimum atomic E-state index is -5.28. The van der Waals surface area contributed by atoms with Gasteiger partial charge in [-0.2, -0.15) is 17.5 Å². The summed E-state index contributed by atoms with van der Waals surface area (Å²) in [7, 11) is -3.72. The van der Waals surface area contributed by atoms with E-state index >= 15 is 0 Å². The van der Waals surface area contributed by atoms with E-state index in [9.17, 15) is 26.4 Å². The first-order valence-electron chi connectivity index (χ1n) is 7.51. The number of nitrogens with zero attached hydrogens (tertiary/aromatic N) is 1. The Morgan fingerprint density at radius 3 is 2.26 bits per heavy atom. The highest BCUT2D eigenvalue weighted by atomic mass is 32.2. The monoisotopic (exact) mass is 358 g/mol. The van der Waals surface area contributed by atoms with Crippen molar-refractivity contribution in [2.45, 2.75) is 55.7 Å². The Hall–Kier alpha value is -0.870. The maximum atomic E-state index is 12.5. The summed E-state index contributed by atoms with van der Waals surface area (Å²) >= 11 is 0. The number of ether oxygens (including phenoxy) is 1. The summed E-state index contributed by atoms with van der Waals surface area (Å²) in [5, 5.41) is 2.77. The van der Waals surface area contributed by atoms with Crippen LogP contribution in [0.5, 0.6) is 0 Å².